The summed E-state index contributed by atoms with van der Waals surface area (Å²) >= 11 is 5.77. The summed E-state index contributed by atoms with van der Waals surface area (Å²) in [6, 6.07) is 6.17. The Morgan fingerprint density at radius 2 is 1.74 bits per heavy atom. The van der Waals surface area contributed by atoms with Crippen LogP contribution in [0.15, 0.2) is 24.3 Å². The molecule has 0 bridgehead atoms. The first-order valence-corrected chi connectivity index (χ1v) is 9.54. The van der Waals surface area contributed by atoms with Crippen LogP contribution < -0.4 is 5.32 Å². The predicted molar refractivity (Wildman–Crippen MR) is 97.7 cm³/mol. The molecule has 1 N–H and O–H groups in total. The molecule has 0 atom stereocenters. The molecule has 8 heteroatoms. The highest BCUT2D eigenvalue weighted by atomic mass is 35.5. The number of hydrogen-bond acceptors (Lipinski definition) is 2. The molecule has 1 aromatic carbocycles. The first-order valence-electron chi connectivity index (χ1n) is 9.16. The number of nitrogens with zero attached hydrogens (tertiary/aromatic N) is 1. The van der Waals surface area contributed by atoms with E-state index in [0.717, 1.165) is 32.1 Å². The van der Waals surface area contributed by atoms with Gasteiger partial charge in [0.25, 0.3) is 5.91 Å². The van der Waals surface area contributed by atoms with Crippen molar-refractivity contribution in [3.63, 3.8) is 0 Å². The summed E-state index contributed by atoms with van der Waals surface area (Å²) in [5, 5.41) is 3.14. The largest absolute Gasteiger partial charge is 0.390 e. The molecule has 1 aliphatic carbocycles. The average molecular weight is 405 g/mol. The zero-order valence-electron chi connectivity index (χ0n) is 15.0. The lowest BCUT2D eigenvalue weighted by molar-refractivity contribution is -0.148. The Kier molecular flexibility index (Phi) is 7.95. The molecule has 0 aromatic heterocycles. The second kappa shape index (κ2) is 9.97. The summed E-state index contributed by atoms with van der Waals surface area (Å²) in [5.41, 5.74) is 0.410. The van der Waals surface area contributed by atoms with Crippen LogP contribution in [0.5, 0.6) is 0 Å². The van der Waals surface area contributed by atoms with Gasteiger partial charge in [0, 0.05) is 36.1 Å². The summed E-state index contributed by atoms with van der Waals surface area (Å²) in [7, 11) is 0. The minimum Gasteiger partial charge on any atom is -0.352 e. The van der Waals surface area contributed by atoms with E-state index in [0.29, 0.717) is 10.6 Å². The molecule has 4 nitrogen and oxygen atoms in total. The van der Waals surface area contributed by atoms with Crippen LogP contribution in [0.25, 0.3) is 0 Å². The molecule has 150 valence electrons. The van der Waals surface area contributed by atoms with Gasteiger partial charge in [-0.2, -0.15) is 13.2 Å². The number of amides is 2. The number of carbonyl (C=O) groups excluding carboxylic acids is 2. The molecule has 0 radical (unpaired) electrons. The van der Waals surface area contributed by atoms with E-state index >= 15 is 0 Å². The van der Waals surface area contributed by atoms with Crippen LogP contribution in [0.4, 0.5) is 13.2 Å². The Bertz CT molecular complexity index is 629. The average Bonchev–Trinajstić information content (AvgIpc) is 2.62. The number of nitrogens with one attached hydrogen (secondary N) is 1. The maximum absolute atomic E-state index is 12.6. The third kappa shape index (κ3) is 7.40. The fraction of sp³-hybridized carbons (Fsp3) is 0.579. The van der Waals surface area contributed by atoms with Crippen molar-refractivity contribution < 1.29 is 22.8 Å². The third-order valence-corrected chi connectivity index (χ3v) is 4.95. The highest BCUT2D eigenvalue weighted by Gasteiger charge is 2.32. The molecule has 0 aliphatic heterocycles. The van der Waals surface area contributed by atoms with Crippen molar-refractivity contribution in [3.05, 3.63) is 34.9 Å². The van der Waals surface area contributed by atoms with Crippen LogP contribution in [-0.2, 0) is 4.79 Å². The zero-order chi connectivity index (χ0) is 19.9. The Hall–Kier alpha value is -1.76. The van der Waals surface area contributed by atoms with E-state index < -0.39 is 12.6 Å². The van der Waals surface area contributed by atoms with Gasteiger partial charge in [0.1, 0.15) is 0 Å². The van der Waals surface area contributed by atoms with Crippen molar-refractivity contribution in [1.82, 2.24) is 10.2 Å². The van der Waals surface area contributed by atoms with Gasteiger partial charge in [-0.25, -0.2) is 0 Å². The number of benzene rings is 1. The summed E-state index contributed by atoms with van der Waals surface area (Å²) in [4.78, 5) is 25.9. The van der Waals surface area contributed by atoms with Crippen LogP contribution in [0.2, 0.25) is 5.02 Å². The standard InChI is InChI=1S/C19H24ClF3N2O2/c20-15-8-6-14(7-9-15)18(27)24-12-10-17(26)25(13-11-19(21,22)23)16-4-2-1-3-5-16/h6-9,16H,1-5,10-13H2,(H,24,27). The molecule has 0 saturated heterocycles. The second-order valence-corrected chi connectivity index (χ2v) is 7.19. The Labute approximate surface area is 162 Å². The van der Waals surface area contributed by atoms with Crippen molar-refractivity contribution in [1.29, 1.82) is 0 Å². The Morgan fingerprint density at radius 3 is 2.33 bits per heavy atom. The van der Waals surface area contributed by atoms with Crippen molar-refractivity contribution in [3.8, 4) is 0 Å². The molecule has 1 aliphatic rings. The highest BCUT2D eigenvalue weighted by Crippen LogP contribution is 2.26. The van der Waals surface area contributed by atoms with Gasteiger partial charge in [0.15, 0.2) is 0 Å². The van der Waals surface area contributed by atoms with Gasteiger partial charge in [-0.1, -0.05) is 30.9 Å². The lowest BCUT2D eigenvalue weighted by Gasteiger charge is -2.35. The minimum absolute atomic E-state index is 0.0202. The smallest absolute Gasteiger partial charge is 0.352 e. The van der Waals surface area contributed by atoms with Crippen molar-refractivity contribution >= 4 is 23.4 Å². The third-order valence-electron chi connectivity index (χ3n) is 4.70. The van der Waals surface area contributed by atoms with Crippen LogP contribution in [-0.4, -0.2) is 42.0 Å². The van der Waals surface area contributed by atoms with Crippen LogP contribution in [0, 0.1) is 0 Å². The van der Waals surface area contributed by atoms with Crippen molar-refractivity contribution in [2.24, 2.45) is 0 Å². The number of carbonyl (C=O) groups is 2. The van der Waals surface area contributed by atoms with Gasteiger partial charge in [0.2, 0.25) is 5.91 Å². The van der Waals surface area contributed by atoms with Crippen LogP contribution in [0.3, 0.4) is 0 Å². The topological polar surface area (TPSA) is 49.4 Å². The van der Waals surface area contributed by atoms with Gasteiger partial charge in [-0.15, -0.1) is 0 Å². The lowest BCUT2D eigenvalue weighted by atomic mass is 9.93. The van der Waals surface area contributed by atoms with E-state index in [-0.39, 0.29) is 37.4 Å². The lowest BCUT2D eigenvalue weighted by Crippen LogP contribution is -2.44. The molecular weight excluding hydrogens is 381 g/mol. The van der Waals surface area contributed by atoms with Crippen LogP contribution >= 0.6 is 11.6 Å². The van der Waals surface area contributed by atoms with E-state index in [1.165, 1.54) is 4.90 Å². The van der Waals surface area contributed by atoms with Crippen molar-refractivity contribution in [2.45, 2.75) is 57.2 Å². The predicted octanol–water partition coefficient (Wildman–Crippen LogP) is 4.57. The quantitative estimate of drug-likeness (QED) is 0.723. The van der Waals surface area contributed by atoms with E-state index in [9.17, 15) is 22.8 Å². The highest BCUT2D eigenvalue weighted by molar-refractivity contribution is 6.30. The fourth-order valence-corrected chi connectivity index (χ4v) is 3.41. The summed E-state index contributed by atoms with van der Waals surface area (Å²) in [5.74, 6) is -0.693. The normalized spacial score (nSPS) is 15.4. The molecule has 1 aromatic rings. The van der Waals surface area contributed by atoms with Gasteiger partial charge >= 0.3 is 6.18 Å². The summed E-state index contributed by atoms with van der Waals surface area (Å²) < 4.78 is 37.8. The zero-order valence-corrected chi connectivity index (χ0v) is 15.8. The summed E-state index contributed by atoms with van der Waals surface area (Å²) in [6.45, 7) is -0.242. The number of halogens is 4. The Balaban J connectivity index is 1.87. The molecule has 0 unspecified atom stereocenters. The molecular formula is C19H24ClF3N2O2. The summed E-state index contributed by atoms with van der Waals surface area (Å²) in [6.07, 6.45) is -0.950. The monoisotopic (exact) mass is 404 g/mol. The van der Waals surface area contributed by atoms with E-state index in [4.69, 9.17) is 11.6 Å². The molecule has 2 amide bonds. The number of hydrogen-bond donors (Lipinski definition) is 1. The Morgan fingerprint density at radius 1 is 1.11 bits per heavy atom. The van der Waals surface area contributed by atoms with Gasteiger partial charge in [0.05, 0.1) is 6.42 Å². The fourth-order valence-electron chi connectivity index (χ4n) is 3.28. The van der Waals surface area contributed by atoms with Gasteiger partial charge in [-0.05, 0) is 37.1 Å². The first-order chi connectivity index (χ1) is 12.8. The molecule has 27 heavy (non-hydrogen) atoms. The minimum atomic E-state index is -4.30. The molecule has 1 saturated carbocycles. The molecule has 0 heterocycles. The molecule has 0 spiro atoms. The van der Waals surface area contributed by atoms with Crippen molar-refractivity contribution in [2.75, 3.05) is 13.1 Å². The van der Waals surface area contributed by atoms with Gasteiger partial charge < -0.3 is 10.2 Å². The van der Waals surface area contributed by atoms with Gasteiger partial charge in [-0.3, -0.25) is 9.59 Å². The maximum atomic E-state index is 12.6. The van der Waals surface area contributed by atoms with E-state index in [1.54, 1.807) is 24.3 Å². The van der Waals surface area contributed by atoms with Crippen LogP contribution in [0.1, 0.15) is 55.3 Å². The first kappa shape index (κ1) is 21.5. The number of rotatable bonds is 7. The SMILES string of the molecule is O=C(NCCC(=O)N(CCC(F)(F)F)C1CCCCC1)c1ccc(Cl)cc1. The maximum Gasteiger partial charge on any atom is 0.390 e. The molecule has 2 rings (SSSR count). The number of alkyl halides is 3. The van der Waals surface area contributed by atoms with E-state index in [1.807, 2.05) is 0 Å². The second-order valence-electron chi connectivity index (χ2n) is 6.76. The molecule has 1 fully saturated rings. The van der Waals surface area contributed by atoms with E-state index in [2.05, 4.69) is 5.32 Å².